The maximum absolute atomic E-state index is 12.9. The van der Waals surface area contributed by atoms with Crippen LogP contribution in [-0.4, -0.2) is 46.5 Å². The van der Waals surface area contributed by atoms with Crippen molar-refractivity contribution in [3.8, 4) is 0 Å². The van der Waals surface area contributed by atoms with E-state index in [1.807, 2.05) is 0 Å². The van der Waals surface area contributed by atoms with E-state index in [1.54, 1.807) is 0 Å². The smallest absolute Gasteiger partial charge is 0.303 e. The molecule has 0 aromatic heterocycles. The summed E-state index contributed by atoms with van der Waals surface area (Å²) in [6.07, 6.45) is 5.49. The standard InChI is InChI=1S/C25H37ClO6/c1-14(27)31-13-21(29)20-6-5-18-17-11-22(30)25(26)12-16(32-15(2)28)7-10-24(25,4)19(17)8-9-23(18,20)3/h16-20,22,30H,5-13H2,1-4H3. The predicted molar refractivity (Wildman–Crippen MR) is 119 cm³/mol. The summed E-state index contributed by atoms with van der Waals surface area (Å²) >= 11 is 7.25. The Bertz CT molecular complexity index is 799. The normalized spacial score (nSPS) is 47.6. The Morgan fingerprint density at radius 3 is 2.38 bits per heavy atom. The highest BCUT2D eigenvalue weighted by Crippen LogP contribution is 2.69. The Balaban J connectivity index is 1.56. The van der Waals surface area contributed by atoms with Crippen LogP contribution in [0.2, 0.25) is 0 Å². The average molecular weight is 469 g/mol. The molecule has 4 fully saturated rings. The zero-order chi connectivity index (χ0) is 23.5. The van der Waals surface area contributed by atoms with E-state index in [4.69, 9.17) is 21.1 Å². The van der Waals surface area contributed by atoms with Gasteiger partial charge in [0.05, 0.1) is 11.0 Å². The van der Waals surface area contributed by atoms with Crippen molar-refractivity contribution in [2.75, 3.05) is 6.61 Å². The van der Waals surface area contributed by atoms with Gasteiger partial charge in [-0.15, -0.1) is 11.6 Å². The van der Waals surface area contributed by atoms with Crippen LogP contribution in [0.5, 0.6) is 0 Å². The fourth-order valence-corrected chi connectivity index (χ4v) is 8.83. The van der Waals surface area contributed by atoms with Crippen molar-refractivity contribution in [2.45, 2.75) is 96.1 Å². The van der Waals surface area contributed by atoms with E-state index in [1.165, 1.54) is 13.8 Å². The minimum atomic E-state index is -0.802. The molecule has 4 rings (SSSR count). The maximum atomic E-state index is 12.9. The highest BCUT2D eigenvalue weighted by atomic mass is 35.5. The second-order valence-electron chi connectivity index (χ2n) is 11.3. The fraction of sp³-hybridized carbons (Fsp3) is 0.880. The summed E-state index contributed by atoms with van der Waals surface area (Å²) in [4.78, 5) is 34.8. The van der Waals surface area contributed by atoms with Gasteiger partial charge in [-0.3, -0.25) is 14.4 Å². The van der Waals surface area contributed by atoms with Gasteiger partial charge in [-0.1, -0.05) is 13.8 Å². The quantitative estimate of drug-likeness (QED) is 0.494. The molecule has 9 unspecified atom stereocenters. The number of hydrogen-bond donors (Lipinski definition) is 1. The Kier molecular flexibility index (Phi) is 6.20. The van der Waals surface area contributed by atoms with Crippen LogP contribution in [0.15, 0.2) is 0 Å². The first kappa shape index (κ1) is 24.0. The van der Waals surface area contributed by atoms with Crippen LogP contribution in [0.1, 0.15) is 79.1 Å². The lowest BCUT2D eigenvalue weighted by Gasteiger charge is -2.65. The van der Waals surface area contributed by atoms with Crippen LogP contribution in [-0.2, 0) is 23.9 Å². The van der Waals surface area contributed by atoms with E-state index in [0.717, 1.165) is 38.5 Å². The summed E-state index contributed by atoms with van der Waals surface area (Å²) in [5.41, 5.74) is -0.371. The van der Waals surface area contributed by atoms with E-state index in [-0.39, 0.29) is 41.2 Å². The minimum absolute atomic E-state index is 0.0276. The number of aliphatic hydroxyl groups is 1. The number of fused-ring (bicyclic) bond motifs is 5. The van der Waals surface area contributed by atoms with Crippen LogP contribution in [0.3, 0.4) is 0 Å². The number of rotatable bonds is 4. The maximum Gasteiger partial charge on any atom is 0.303 e. The number of esters is 2. The molecule has 180 valence electrons. The minimum Gasteiger partial charge on any atom is -0.462 e. The molecule has 32 heavy (non-hydrogen) atoms. The van der Waals surface area contributed by atoms with Crippen molar-refractivity contribution in [3.05, 3.63) is 0 Å². The average Bonchev–Trinajstić information content (AvgIpc) is 3.05. The summed E-state index contributed by atoms with van der Waals surface area (Å²) < 4.78 is 10.5. The van der Waals surface area contributed by atoms with Crippen LogP contribution >= 0.6 is 11.6 Å². The third kappa shape index (κ3) is 3.60. The molecule has 0 radical (unpaired) electrons. The summed E-state index contributed by atoms with van der Waals surface area (Å²) in [5.74, 6) is 0.254. The molecule has 0 heterocycles. The number of halogens is 1. The lowest BCUT2D eigenvalue weighted by atomic mass is 9.43. The van der Waals surface area contributed by atoms with Gasteiger partial charge in [0.25, 0.3) is 0 Å². The molecule has 6 nitrogen and oxygen atoms in total. The molecular formula is C25H37ClO6. The van der Waals surface area contributed by atoms with Gasteiger partial charge in [-0.25, -0.2) is 0 Å². The molecule has 7 heteroatoms. The summed E-state index contributed by atoms with van der Waals surface area (Å²) in [7, 11) is 0. The van der Waals surface area contributed by atoms with Gasteiger partial charge in [0.1, 0.15) is 12.7 Å². The fourth-order valence-electron chi connectivity index (χ4n) is 8.33. The van der Waals surface area contributed by atoms with Crippen LogP contribution in [0.4, 0.5) is 0 Å². The summed E-state index contributed by atoms with van der Waals surface area (Å²) in [6, 6.07) is 0. The van der Waals surface area contributed by atoms with E-state index in [0.29, 0.717) is 30.6 Å². The van der Waals surface area contributed by atoms with E-state index < -0.39 is 16.9 Å². The highest BCUT2D eigenvalue weighted by Gasteiger charge is 2.68. The summed E-state index contributed by atoms with van der Waals surface area (Å²) in [5, 5.41) is 11.3. The number of ether oxygens (including phenoxy) is 2. The number of carbonyl (C=O) groups is 3. The van der Waals surface area contributed by atoms with Gasteiger partial charge < -0.3 is 14.6 Å². The molecule has 0 aromatic carbocycles. The molecule has 0 aliphatic heterocycles. The van der Waals surface area contributed by atoms with Gasteiger partial charge in [-0.2, -0.15) is 0 Å². The second-order valence-corrected chi connectivity index (χ2v) is 12.0. The first-order valence-electron chi connectivity index (χ1n) is 12.1. The van der Waals surface area contributed by atoms with Gasteiger partial charge in [0, 0.05) is 26.2 Å². The second kappa shape index (κ2) is 8.26. The van der Waals surface area contributed by atoms with Crippen molar-refractivity contribution in [3.63, 3.8) is 0 Å². The number of alkyl halides is 1. The van der Waals surface area contributed by atoms with Gasteiger partial charge in [0.15, 0.2) is 5.78 Å². The largest absolute Gasteiger partial charge is 0.462 e. The molecular weight excluding hydrogens is 432 g/mol. The Morgan fingerprint density at radius 2 is 1.72 bits per heavy atom. The first-order chi connectivity index (χ1) is 14.9. The topological polar surface area (TPSA) is 89.9 Å². The molecule has 0 bridgehead atoms. The molecule has 0 amide bonds. The van der Waals surface area contributed by atoms with E-state index >= 15 is 0 Å². The molecule has 9 atom stereocenters. The third-order valence-corrected chi connectivity index (χ3v) is 10.7. The van der Waals surface area contributed by atoms with Gasteiger partial charge >= 0.3 is 11.9 Å². The molecule has 0 spiro atoms. The predicted octanol–water partition coefficient (Wildman–Crippen LogP) is 4.04. The van der Waals surface area contributed by atoms with E-state index in [2.05, 4.69) is 13.8 Å². The molecule has 1 N–H and O–H groups in total. The van der Waals surface area contributed by atoms with Crippen LogP contribution < -0.4 is 0 Å². The molecule has 0 saturated heterocycles. The first-order valence-corrected chi connectivity index (χ1v) is 12.5. The van der Waals surface area contributed by atoms with Gasteiger partial charge in [0.2, 0.25) is 0 Å². The van der Waals surface area contributed by atoms with Crippen molar-refractivity contribution in [1.82, 2.24) is 0 Å². The van der Waals surface area contributed by atoms with Crippen molar-refractivity contribution in [1.29, 1.82) is 0 Å². The zero-order valence-electron chi connectivity index (χ0n) is 19.7. The molecule has 0 aromatic rings. The SMILES string of the molecule is CC(=O)OCC(=O)C1CCC2C3CC(O)C4(Cl)CC(OC(C)=O)CCC4(C)C3CCC12C. The lowest BCUT2D eigenvalue weighted by molar-refractivity contribution is -0.173. The monoisotopic (exact) mass is 468 g/mol. The van der Waals surface area contributed by atoms with E-state index in [9.17, 15) is 19.5 Å². The van der Waals surface area contributed by atoms with Crippen molar-refractivity contribution >= 4 is 29.3 Å². The number of carbonyl (C=O) groups excluding carboxylic acids is 3. The number of aliphatic hydroxyl groups excluding tert-OH is 1. The Labute approximate surface area is 195 Å². The van der Waals surface area contributed by atoms with Crippen LogP contribution in [0, 0.1) is 34.5 Å². The Hall–Kier alpha value is -1.14. The number of hydrogen-bond acceptors (Lipinski definition) is 6. The van der Waals surface area contributed by atoms with Crippen molar-refractivity contribution in [2.24, 2.45) is 34.5 Å². The lowest BCUT2D eigenvalue weighted by Crippen LogP contribution is -2.66. The van der Waals surface area contributed by atoms with Crippen molar-refractivity contribution < 1.29 is 29.0 Å². The molecule has 4 aliphatic carbocycles. The van der Waals surface area contributed by atoms with Crippen LogP contribution in [0.25, 0.3) is 0 Å². The Morgan fingerprint density at radius 1 is 1.00 bits per heavy atom. The highest BCUT2D eigenvalue weighted by molar-refractivity contribution is 6.25. The number of ketones is 1. The molecule has 4 aliphatic rings. The molecule has 4 saturated carbocycles. The van der Waals surface area contributed by atoms with Gasteiger partial charge in [-0.05, 0) is 73.5 Å². The number of Topliss-reactive ketones (excluding diaryl/α,β-unsaturated/α-hetero) is 1. The third-order valence-electron chi connectivity index (χ3n) is 9.88. The zero-order valence-corrected chi connectivity index (χ0v) is 20.5. The summed E-state index contributed by atoms with van der Waals surface area (Å²) in [6.45, 7) is 7.07.